The van der Waals surface area contributed by atoms with Crippen LogP contribution in [0.3, 0.4) is 0 Å². The number of rotatable bonds is 3. The van der Waals surface area contributed by atoms with Crippen molar-refractivity contribution < 1.29 is 4.79 Å². The van der Waals surface area contributed by atoms with Gasteiger partial charge >= 0.3 is 0 Å². The molecule has 0 bridgehead atoms. The third kappa shape index (κ3) is 2.17. The number of hydrogen-bond donors (Lipinski definition) is 2. The maximum atomic E-state index is 11.5. The van der Waals surface area contributed by atoms with Crippen LogP contribution in [0.15, 0.2) is 24.3 Å². The zero-order valence-corrected chi connectivity index (χ0v) is 9.44. The second-order valence-corrected chi connectivity index (χ2v) is 4.29. The number of hydrogen-bond acceptors (Lipinski definition) is 3. The fraction of sp³-hybridized carbons (Fsp3) is 0.417. The van der Waals surface area contributed by atoms with Crippen LogP contribution in [0.4, 0.5) is 11.4 Å². The standard InChI is InChI=1S/C12H17N3O/c1-9(6-13)7-15-8-12(16)14-10-4-2-3-5-11(10)15/h2-5,9H,6-8,13H2,1H3,(H,14,16). The van der Waals surface area contributed by atoms with Gasteiger partial charge in [0.1, 0.15) is 0 Å². The molecule has 4 nitrogen and oxygen atoms in total. The molecule has 0 aromatic heterocycles. The van der Waals surface area contributed by atoms with E-state index in [-0.39, 0.29) is 5.91 Å². The van der Waals surface area contributed by atoms with Gasteiger partial charge < -0.3 is 16.0 Å². The Balaban J connectivity index is 2.23. The lowest BCUT2D eigenvalue weighted by Gasteiger charge is -2.32. The van der Waals surface area contributed by atoms with Crippen LogP contribution in [0.25, 0.3) is 0 Å². The number of nitrogens with two attached hydrogens (primary N) is 1. The van der Waals surface area contributed by atoms with E-state index in [0.29, 0.717) is 19.0 Å². The van der Waals surface area contributed by atoms with E-state index in [1.165, 1.54) is 0 Å². The molecular weight excluding hydrogens is 202 g/mol. The number of para-hydroxylation sites is 2. The molecule has 86 valence electrons. The SMILES string of the molecule is CC(CN)CN1CC(=O)Nc2ccccc21. The quantitative estimate of drug-likeness (QED) is 0.798. The van der Waals surface area contributed by atoms with E-state index in [1.54, 1.807) is 0 Å². The van der Waals surface area contributed by atoms with Gasteiger partial charge in [0.05, 0.1) is 17.9 Å². The van der Waals surface area contributed by atoms with Gasteiger partial charge in [-0.15, -0.1) is 0 Å². The van der Waals surface area contributed by atoms with E-state index in [1.807, 2.05) is 24.3 Å². The Bertz CT molecular complexity index is 392. The lowest BCUT2D eigenvalue weighted by atomic mass is 10.1. The molecule has 4 heteroatoms. The summed E-state index contributed by atoms with van der Waals surface area (Å²) >= 11 is 0. The van der Waals surface area contributed by atoms with Gasteiger partial charge in [0.25, 0.3) is 0 Å². The Morgan fingerprint density at radius 2 is 2.25 bits per heavy atom. The summed E-state index contributed by atoms with van der Waals surface area (Å²) in [6.07, 6.45) is 0. The summed E-state index contributed by atoms with van der Waals surface area (Å²) in [5, 5.41) is 2.87. The van der Waals surface area contributed by atoms with Crippen molar-refractivity contribution >= 4 is 17.3 Å². The van der Waals surface area contributed by atoms with Gasteiger partial charge in [-0.3, -0.25) is 4.79 Å². The molecule has 16 heavy (non-hydrogen) atoms. The van der Waals surface area contributed by atoms with Gasteiger partial charge in [0.15, 0.2) is 0 Å². The first-order valence-electron chi connectivity index (χ1n) is 5.54. The summed E-state index contributed by atoms with van der Waals surface area (Å²) in [4.78, 5) is 13.6. The molecule has 0 aliphatic carbocycles. The minimum Gasteiger partial charge on any atom is -0.360 e. The number of carbonyl (C=O) groups excluding carboxylic acids is 1. The van der Waals surface area contributed by atoms with Crippen molar-refractivity contribution in [3.8, 4) is 0 Å². The molecule has 1 aliphatic heterocycles. The number of benzene rings is 1. The molecule has 0 saturated carbocycles. The third-order valence-corrected chi connectivity index (χ3v) is 2.79. The molecule has 2 rings (SSSR count). The molecule has 1 amide bonds. The van der Waals surface area contributed by atoms with Crippen molar-refractivity contribution in [2.75, 3.05) is 29.9 Å². The first kappa shape index (κ1) is 11.0. The molecule has 1 heterocycles. The summed E-state index contributed by atoms with van der Waals surface area (Å²) in [6.45, 7) is 3.97. The highest BCUT2D eigenvalue weighted by molar-refractivity contribution is 6.01. The third-order valence-electron chi connectivity index (χ3n) is 2.79. The van der Waals surface area contributed by atoms with Crippen molar-refractivity contribution in [3.63, 3.8) is 0 Å². The number of carbonyl (C=O) groups is 1. The van der Waals surface area contributed by atoms with E-state index in [2.05, 4.69) is 17.1 Å². The van der Waals surface area contributed by atoms with Gasteiger partial charge in [0, 0.05) is 6.54 Å². The van der Waals surface area contributed by atoms with E-state index in [4.69, 9.17) is 5.73 Å². The average Bonchev–Trinajstić information content (AvgIpc) is 2.28. The lowest BCUT2D eigenvalue weighted by molar-refractivity contribution is -0.115. The fourth-order valence-electron chi connectivity index (χ4n) is 1.92. The molecule has 0 saturated heterocycles. The second-order valence-electron chi connectivity index (χ2n) is 4.29. The van der Waals surface area contributed by atoms with Crippen molar-refractivity contribution in [2.45, 2.75) is 6.92 Å². The van der Waals surface area contributed by atoms with Crippen LogP contribution in [-0.2, 0) is 4.79 Å². The Hall–Kier alpha value is -1.55. The van der Waals surface area contributed by atoms with Crippen LogP contribution in [-0.4, -0.2) is 25.5 Å². The summed E-state index contributed by atoms with van der Waals surface area (Å²) in [7, 11) is 0. The van der Waals surface area contributed by atoms with E-state index in [9.17, 15) is 4.79 Å². The zero-order chi connectivity index (χ0) is 11.5. The van der Waals surface area contributed by atoms with Gasteiger partial charge in [-0.05, 0) is 24.6 Å². The molecule has 0 spiro atoms. The molecule has 1 aromatic carbocycles. The maximum absolute atomic E-state index is 11.5. The van der Waals surface area contributed by atoms with Crippen molar-refractivity contribution in [3.05, 3.63) is 24.3 Å². The van der Waals surface area contributed by atoms with E-state index >= 15 is 0 Å². The smallest absolute Gasteiger partial charge is 0.243 e. The number of anilines is 2. The van der Waals surface area contributed by atoms with E-state index < -0.39 is 0 Å². The Labute approximate surface area is 95.4 Å². The van der Waals surface area contributed by atoms with Crippen LogP contribution in [0, 0.1) is 5.92 Å². The van der Waals surface area contributed by atoms with Gasteiger partial charge in [0.2, 0.25) is 5.91 Å². The predicted octanol–water partition coefficient (Wildman–Crippen LogP) is 1.04. The molecule has 0 radical (unpaired) electrons. The Morgan fingerprint density at radius 3 is 3.00 bits per heavy atom. The number of nitrogens with zero attached hydrogens (tertiary/aromatic N) is 1. The predicted molar refractivity (Wildman–Crippen MR) is 65.5 cm³/mol. The normalized spacial score (nSPS) is 16.6. The number of amides is 1. The van der Waals surface area contributed by atoms with Crippen molar-refractivity contribution in [2.24, 2.45) is 11.7 Å². The first-order valence-corrected chi connectivity index (χ1v) is 5.54. The topological polar surface area (TPSA) is 58.4 Å². The highest BCUT2D eigenvalue weighted by Crippen LogP contribution is 2.29. The van der Waals surface area contributed by atoms with Gasteiger partial charge in [-0.25, -0.2) is 0 Å². The van der Waals surface area contributed by atoms with Crippen LogP contribution in [0.1, 0.15) is 6.92 Å². The molecule has 0 fully saturated rings. The van der Waals surface area contributed by atoms with Crippen LogP contribution in [0.5, 0.6) is 0 Å². The average molecular weight is 219 g/mol. The number of fused-ring (bicyclic) bond motifs is 1. The van der Waals surface area contributed by atoms with Crippen LogP contribution in [0.2, 0.25) is 0 Å². The van der Waals surface area contributed by atoms with Gasteiger partial charge in [-0.2, -0.15) is 0 Å². The lowest BCUT2D eigenvalue weighted by Crippen LogP contribution is -2.41. The van der Waals surface area contributed by atoms with Crippen molar-refractivity contribution in [1.29, 1.82) is 0 Å². The minimum atomic E-state index is 0.0444. The minimum absolute atomic E-state index is 0.0444. The molecule has 1 aromatic rings. The van der Waals surface area contributed by atoms with Crippen LogP contribution < -0.4 is 16.0 Å². The summed E-state index contributed by atoms with van der Waals surface area (Å²) in [5.74, 6) is 0.432. The van der Waals surface area contributed by atoms with Crippen molar-refractivity contribution in [1.82, 2.24) is 0 Å². The zero-order valence-electron chi connectivity index (χ0n) is 9.44. The largest absolute Gasteiger partial charge is 0.360 e. The maximum Gasteiger partial charge on any atom is 0.243 e. The Morgan fingerprint density at radius 1 is 1.50 bits per heavy atom. The number of nitrogens with one attached hydrogen (secondary N) is 1. The molecular formula is C12H17N3O. The summed E-state index contributed by atoms with van der Waals surface area (Å²) in [6, 6.07) is 7.86. The fourth-order valence-corrected chi connectivity index (χ4v) is 1.92. The van der Waals surface area contributed by atoms with E-state index in [0.717, 1.165) is 17.9 Å². The monoisotopic (exact) mass is 219 g/mol. The molecule has 1 unspecified atom stereocenters. The highest BCUT2D eigenvalue weighted by atomic mass is 16.2. The van der Waals surface area contributed by atoms with Gasteiger partial charge in [-0.1, -0.05) is 19.1 Å². The molecule has 3 N–H and O–H groups in total. The summed E-state index contributed by atoms with van der Waals surface area (Å²) < 4.78 is 0. The summed E-state index contributed by atoms with van der Waals surface area (Å²) in [5.41, 5.74) is 7.59. The second kappa shape index (κ2) is 4.53. The van der Waals surface area contributed by atoms with Crippen LogP contribution >= 0.6 is 0 Å². The molecule has 1 atom stereocenters. The Kier molecular flexibility index (Phi) is 3.10. The highest BCUT2D eigenvalue weighted by Gasteiger charge is 2.22. The molecule has 1 aliphatic rings. The first-order chi connectivity index (χ1) is 7.70.